The lowest BCUT2D eigenvalue weighted by molar-refractivity contribution is 0.397. The zero-order chi connectivity index (χ0) is 14.3. The Labute approximate surface area is 117 Å². The molecule has 0 amide bonds. The minimum Gasteiger partial charge on any atom is -0.399 e. The van der Waals surface area contributed by atoms with Crippen LogP contribution in [0.15, 0.2) is 22.5 Å². The third kappa shape index (κ3) is 3.45. The van der Waals surface area contributed by atoms with Gasteiger partial charge in [0.25, 0.3) is 0 Å². The molecule has 1 aromatic carbocycles. The molecule has 1 heterocycles. The smallest absolute Gasteiger partial charge is 0.210 e. The second kappa shape index (κ2) is 4.76. The van der Waals surface area contributed by atoms with Crippen LogP contribution in [0.25, 0.3) is 10.2 Å². The molecule has 6 heteroatoms. The first-order chi connectivity index (χ1) is 8.67. The van der Waals surface area contributed by atoms with Crippen LogP contribution in [0.2, 0.25) is 0 Å². The summed E-state index contributed by atoms with van der Waals surface area (Å²) >= 11 is 1.19. The number of aromatic nitrogens is 1. The van der Waals surface area contributed by atoms with Crippen LogP contribution in [0, 0.1) is 5.41 Å². The summed E-state index contributed by atoms with van der Waals surface area (Å²) in [5, 5.41) is 0. The SMILES string of the molecule is CC(C)(C)CCS(=O)(=O)c1nc2ccc(N)cc2s1. The molecule has 0 saturated carbocycles. The van der Waals surface area contributed by atoms with Crippen LogP contribution in [0.4, 0.5) is 5.69 Å². The first-order valence-corrected chi connectivity index (χ1v) is 8.53. The van der Waals surface area contributed by atoms with Crippen molar-refractivity contribution < 1.29 is 8.42 Å². The predicted octanol–water partition coefficient (Wildman–Crippen LogP) is 3.09. The number of sulfone groups is 1. The molecule has 19 heavy (non-hydrogen) atoms. The zero-order valence-electron chi connectivity index (χ0n) is 11.3. The van der Waals surface area contributed by atoms with Gasteiger partial charge in [-0.15, -0.1) is 11.3 Å². The topological polar surface area (TPSA) is 73.0 Å². The quantitative estimate of drug-likeness (QED) is 0.884. The van der Waals surface area contributed by atoms with E-state index in [4.69, 9.17) is 5.73 Å². The van der Waals surface area contributed by atoms with E-state index in [-0.39, 0.29) is 15.5 Å². The molecule has 0 unspecified atom stereocenters. The fourth-order valence-corrected chi connectivity index (χ4v) is 4.65. The largest absolute Gasteiger partial charge is 0.399 e. The number of thiazole rings is 1. The Bertz CT molecular complexity index is 697. The summed E-state index contributed by atoms with van der Waals surface area (Å²) in [7, 11) is -3.30. The number of hydrogen-bond donors (Lipinski definition) is 1. The molecule has 0 bridgehead atoms. The molecule has 2 aromatic rings. The molecule has 0 radical (unpaired) electrons. The average molecular weight is 298 g/mol. The van der Waals surface area contributed by atoms with Crippen molar-refractivity contribution in [3.8, 4) is 0 Å². The van der Waals surface area contributed by atoms with Crippen molar-refractivity contribution in [1.29, 1.82) is 0 Å². The molecule has 0 spiro atoms. The van der Waals surface area contributed by atoms with Gasteiger partial charge in [-0.2, -0.15) is 0 Å². The number of nitrogens with two attached hydrogens (primary N) is 1. The lowest BCUT2D eigenvalue weighted by atomic mass is 9.94. The number of nitrogens with zero attached hydrogens (tertiary/aromatic N) is 1. The van der Waals surface area contributed by atoms with Crippen LogP contribution in [0.3, 0.4) is 0 Å². The number of rotatable bonds is 3. The zero-order valence-corrected chi connectivity index (χ0v) is 12.9. The van der Waals surface area contributed by atoms with E-state index in [1.54, 1.807) is 18.2 Å². The Morgan fingerprint density at radius 3 is 2.63 bits per heavy atom. The summed E-state index contributed by atoms with van der Waals surface area (Å²) in [6.07, 6.45) is 0.618. The maximum absolute atomic E-state index is 12.3. The van der Waals surface area contributed by atoms with Crippen molar-refractivity contribution in [2.24, 2.45) is 5.41 Å². The Morgan fingerprint density at radius 1 is 1.32 bits per heavy atom. The molecular weight excluding hydrogens is 280 g/mol. The van der Waals surface area contributed by atoms with Gasteiger partial charge in [0.2, 0.25) is 14.2 Å². The second-order valence-electron chi connectivity index (χ2n) is 5.84. The molecule has 2 rings (SSSR count). The summed E-state index contributed by atoms with van der Waals surface area (Å²) in [6, 6.07) is 5.24. The Balaban J connectivity index is 2.33. The number of nitrogen functional groups attached to an aromatic ring is 1. The van der Waals surface area contributed by atoms with Crippen LogP contribution in [0.5, 0.6) is 0 Å². The van der Waals surface area contributed by atoms with E-state index >= 15 is 0 Å². The number of hydrogen-bond acceptors (Lipinski definition) is 5. The summed E-state index contributed by atoms with van der Waals surface area (Å²) < 4.78 is 25.5. The fourth-order valence-electron chi connectivity index (χ4n) is 1.58. The van der Waals surface area contributed by atoms with Gasteiger partial charge in [-0.25, -0.2) is 13.4 Å². The summed E-state index contributed by atoms with van der Waals surface area (Å²) in [5.41, 5.74) is 6.99. The van der Waals surface area contributed by atoms with Gasteiger partial charge in [-0.3, -0.25) is 0 Å². The minimum absolute atomic E-state index is 0.00577. The maximum Gasteiger partial charge on any atom is 0.210 e. The Morgan fingerprint density at radius 2 is 2.00 bits per heavy atom. The molecule has 0 aliphatic heterocycles. The van der Waals surface area contributed by atoms with Crippen molar-refractivity contribution in [2.45, 2.75) is 31.5 Å². The van der Waals surface area contributed by atoms with E-state index in [9.17, 15) is 8.42 Å². The molecule has 104 valence electrons. The van der Waals surface area contributed by atoms with Gasteiger partial charge < -0.3 is 5.73 Å². The highest BCUT2D eigenvalue weighted by molar-refractivity contribution is 7.93. The first kappa shape index (κ1) is 14.3. The van der Waals surface area contributed by atoms with Gasteiger partial charge in [0.1, 0.15) is 0 Å². The van der Waals surface area contributed by atoms with Crippen molar-refractivity contribution >= 4 is 37.1 Å². The first-order valence-electron chi connectivity index (χ1n) is 6.06. The standard InChI is InChI=1S/C13H18N2O2S2/c1-13(2,3)6-7-19(16,17)12-15-10-5-4-9(14)8-11(10)18-12/h4-5,8H,6-7,14H2,1-3H3. The lowest BCUT2D eigenvalue weighted by Crippen LogP contribution is -2.14. The summed E-state index contributed by atoms with van der Waals surface area (Å²) in [4.78, 5) is 4.20. The minimum atomic E-state index is -3.30. The Hall–Kier alpha value is -1.14. The van der Waals surface area contributed by atoms with Crippen molar-refractivity contribution in [3.63, 3.8) is 0 Å². The lowest BCUT2D eigenvalue weighted by Gasteiger charge is -2.16. The third-order valence-corrected chi connectivity index (χ3v) is 5.97. The van der Waals surface area contributed by atoms with E-state index in [1.165, 1.54) is 11.3 Å². The summed E-state index contributed by atoms with van der Waals surface area (Å²) in [6.45, 7) is 6.09. The van der Waals surface area contributed by atoms with E-state index in [1.807, 2.05) is 20.8 Å². The highest BCUT2D eigenvalue weighted by Crippen LogP contribution is 2.29. The predicted molar refractivity (Wildman–Crippen MR) is 80.2 cm³/mol. The third-order valence-electron chi connectivity index (χ3n) is 2.78. The normalized spacial score (nSPS) is 13.0. The van der Waals surface area contributed by atoms with E-state index in [2.05, 4.69) is 4.98 Å². The van der Waals surface area contributed by atoms with Gasteiger partial charge in [0.15, 0.2) is 0 Å². The van der Waals surface area contributed by atoms with Crippen LogP contribution in [-0.4, -0.2) is 19.2 Å². The molecule has 0 fully saturated rings. The van der Waals surface area contributed by atoms with Crippen molar-refractivity contribution in [1.82, 2.24) is 4.98 Å². The molecule has 0 atom stereocenters. The molecular formula is C13H18N2O2S2. The van der Waals surface area contributed by atoms with Crippen LogP contribution < -0.4 is 5.73 Å². The number of anilines is 1. The van der Waals surface area contributed by atoms with Crippen molar-refractivity contribution in [3.05, 3.63) is 18.2 Å². The average Bonchev–Trinajstić information content (AvgIpc) is 2.69. The van der Waals surface area contributed by atoms with Gasteiger partial charge >= 0.3 is 0 Å². The molecule has 0 saturated heterocycles. The van der Waals surface area contributed by atoms with Gasteiger partial charge in [-0.05, 0) is 30.0 Å². The highest BCUT2D eigenvalue weighted by Gasteiger charge is 2.22. The second-order valence-corrected chi connectivity index (χ2v) is 9.15. The molecule has 4 nitrogen and oxygen atoms in total. The van der Waals surface area contributed by atoms with E-state index in [0.29, 0.717) is 17.6 Å². The van der Waals surface area contributed by atoms with Crippen LogP contribution in [0.1, 0.15) is 27.2 Å². The van der Waals surface area contributed by atoms with Gasteiger partial charge in [0.05, 0.1) is 16.0 Å². The Kier molecular flexibility index (Phi) is 3.57. The molecule has 1 aromatic heterocycles. The van der Waals surface area contributed by atoms with Gasteiger partial charge in [0, 0.05) is 5.69 Å². The van der Waals surface area contributed by atoms with E-state index < -0.39 is 9.84 Å². The molecule has 0 aliphatic carbocycles. The monoisotopic (exact) mass is 298 g/mol. The highest BCUT2D eigenvalue weighted by atomic mass is 32.2. The van der Waals surface area contributed by atoms with E-state index in [0.717, 1.165) is 4.70 Å². The van der Waals surface area contributed by atoms with Crippen LogP contribution in [-0.2, 0) is 9.84 Å². The molecule has 2 N–H and O–H groups in total. The molecule has 0 aliphatic rings. The van der Waals surface area contributed by atoms with Crippen LogP contribution >= 0.6 is 11.3 Å². The van der Waals surface area contributed by atoms with Gasteiger partial charge in [-0.1, -0.05) is 20.8 Å². The maximum atomic E-state index is 12.3. The number of benzene rings is 1. The fraction of sp³-hybridized carbons (Fsp3) is 0.462. The number of fused-ring (bicyclic) bond motifs is 1. The van der Waals surface area contributed by atoms with Crippen molar-refractivity contribution in [2.75, 3.05) is 11.5 Å². The summed E-state index contributed by atoms with van der Waals surface area (Å²) in [5.74, 6) is 0.131.